The minimum atomic E-state index is -0.488. The average molecular weight is 508 g/mol. The van der Waals surface area contributed by atoms with E-state index in [4.69, 9.17) is 23.2 Å². The van der Waals surface area contributed by atoms with E-state index in [2.05, 4.69) is 11.4 Å². The molecule has 2 aromatic rings. The Labute approximate surface area is 211 Å². The molecule has 3 rings (SSSR count). The van der Waals surface area contributed by atoms with Crippen LogP contribution >= 0.6 is 35.0 Å². The fourth-order valence-corrected chi connectivity index (χ4v) is 5.73. The third-order valence-corrected chi connectivity index (χ3v) is 7.57. The Morgan fingerprint density at radius 3 is 2.58 bits per heavy atom. The molecule has 33 heavy (non-hydrogen) atoms. The largest absolute Gasteiger partial charge is 0.352 e. The Hall–Kier alpha value is -1.69. The monoisotopic (exact) mass is 506 g/mol. The van der Waals surface area contributed by atoms with E-state index in [0.29, 0.717) is 28.8 Å². The lowest BCUT2D eigenvalue weighted by Crippen LogP contribution is -2.51. The Morgan fingerprint density at radius 2 is 1.91 bits per heavy atom. The second kappa shape index (κ2) is 12.7. The highest BCUT2D eigenvalue weighted by Crippen LogP contribution is 2.25. The molecule has 0 saturated heterocycles. The van der Waals surface area contributed by atoms with Gasteiger partial charge in [0.2, 0.25) is 11.8 Å². The smallest absolute Gasteiger partial charge is 0.243 e. The summed E-state index contributed by atoms with van der Waals surface area (Å²) in [4.78, 5) is 28.3. The van der Waals surface area contributed by atoms with E-state index in [-0.39, 0.29) is 23.6 Å². The van der Waals surface area contributed by atoms with Gasteiger partial charge < -0.3 is 10.2 Å². The van der Waals surface area contributed by atoms with Crippen LogP contribution in [0.2, 0.25) is 10.0 Å². The molecule has 1 N–H and O–H groups in total. The summed E-state index contributed by atoms with van der Waals surface area (Å²) in [7, 11) is 0. The summed E-state index contributed by atoms with van der Waals surface area (Å²) in [5.74, 6) is 0.791. The molecule has 4 nitrogen and oxygen atoms in total. The topological polar surface area (TPSA) is 49.4 Å². The van der Waals surface area contributed by atoms with Crippen molar-refractivity contribution < 1.29 is 9.59 Å². The molecular formula is C26H32Cl2N2O2S. The molecule has 0 aromatic heterocycles. The zero-order valence-electron chi connectivity index (χ0n) is 19.3. The van der Waals surface area contributed by atoms with Crippen LogP contribution in [0.5, 0.6) is 0 Å². The molecule has 178 valence electrons. The number of nitrogens with zero attached hydrogens (tertiary/aromatic N) is 1. The number of amides is 2. The van der Waals surface area contributed by atoms with Crippen molar-refractivity contribution in [2.24, 2.45) is 0 Å². The summed E-state index contributed by atoms with van der Waals surface area (Å²) in [6, 6.07) is 13.2. The normalized spacial score (nSPS) is 14.8. The maximum absolute atomic E-state index is 13.4. The van der Waals surface area contributed by atoms with Gasteiger partial charge in [0.05, 0.1) is 5.75 Å². The van der Waals surface area contributed by atoms with E-state index in [1.807, 2.05) is 38.1 Å². The third-order valence-electron chi connectivity index (χ3n) is 6.02. The van der Waals surface area contributed by atoms with E-state index in [9.17, 15) is 9.59 Å². The van der Waals surface area contributed by atoms with Gasteiger partial charge in [-0.05, 0) is 49.4 Å². The average Bonchev–Trinajstić information content (AvgIpc) is 3.28. The van der Waals surface area contributed by atoms with Crippen molar-refractivity contribution in [2.75, 3.05) is 5.75 Å². The Bertz CT molecular complexity index is 963. The molecule has 0 radical (unpaired) electrons. The number of aryl methyl sites for hydroxylation is 1. The van der Waals surface area contributed by atoms with Gasteiger partial charge in [0, 0.05) is 28.4 Å². The van der Waals surface area contributed by atoms with Gasteiger partial charge in [-0.1, -0.05) is 78.9 Å². The first-order valence-corrected chi connectivity index (χ1v) is 13.5. The van der Waals surface area contributed by atoms with Crippen molar-refractivity contribution in [2.45, 2.75) is 70.3 Å². The second-order valence-electron chi connectivity index (χ2n) is 8.65. The zero-order chi connectivity index (χ0) is 23.8. The Balaban J connectivity index is 1.71. The van der Waals surface area contributed by atoms with Gasteiger partial charge in [0.25, 0.3) is 0 Å². The number of thioether (sulfide) groups is 1. The molecule has 0 bridgehead atoms. The van der Waals surface area contributed by atoms with Crippen molar-refractivity contribution in [1.29, 1.82) is 0 Å². The van der Waals surface area contributed by atoms with Crippen molar-refractivity contribution in [3.8, 4) is 0 Å². The van der Waals surface area contributed by atoms with Gasteiger partial charge in [-0.15, -0.1) is 11.8 Å². The number of halogens is 2. The Morgan fingerprint density at radius 1 is 1.15 bits per heavy atom. The van der Waals surface area contributed by atoms with Gasteiger partial charge in [-0.2, -0.15) is 0 Å². The van der Waals surface area contributed by atoms with Crippen LogP contribution in [-0.2, 0) is 21.9 Å². The summed E-state index contributed by atoms with van der Waals surface area (Å²) in [6.07, 6.45) is 4.91. The van der Waals surface area contributed by atoms with Gasteiger partial charge in [-0.25, -0.2) is 0 Å². The van der Waals surface area contributed by atoms with E-state index in [1.165, 1.54) is 11.8 Å². The van der Waals surface area contributed by atoms with Gasteiger partial charge >= 0.3 is 0 Å². The lowest BCUT2D eigenvalue weighted by atomic mass is 10.1. The van der Waals surface area contributed by atoms with Crippen molar-refractivity contribution >= 4 is 46.8 Å². The molecule has 1 atom stereocenters. The van der Waals surface area contributed by atoms with Crippen LogP contribution in [0.1, 0.15) is 55.7 Å². The predicted octanol–water partition coefficient (Wildman–Crippen LogP) is 6.40. The van der Waals surface area contributed by atoms with Crippen molar-refractivity contribution in [3.05, 3.63) is 69.2 Å². The maximum Gasteiger partial charge on any atom is 0.243 e. The third kappa shape index (κ3) is 7.66. The fraction of sp³-hybridized carbons (Fsp3) is 0.462. The number of hydrogen-bond donors (Lipinski definition) is 1. The first kappa shape index (κ1) is 25.9. The molecule has 1 fully saturated rings. The van der Waals surface area contributed by atoms with E-state index >= 15 is 0 Å². The number of carbonyl (C=O) groups is 2. The zero-order valence-corrected chi connectivity index (χ0v) is 21.6. The predicted molar refractivity (Wildman–Crippen MR) is 139 cm³/mol. The number of hydrogen-bond acceptors (Lipinski definition) is 3. The summed E-state index contributed by atoms with van der Waals surface area (Å²) in [6.45, 7) is 4.42. The maximum atomic E-state index is 13.4. The van der Waals surface area contributed by atoms with Crippen LogP contribution in [0.3, 0.4) is 0 Å². The van der Waals surface area contributed by atoms with E-state index < -0.39 is 6.04 Å². The highest BCUT2D eigenvalue weighted by atomic mass is 35.5. The highest BCUT2D eigenvalue weighted by molar-refractivity contribution is 7.99. The molecule has 1 aliphatic rings. The molecule has 0 unspecified atom stereocenters. The first-order chi connectivity index (χ1) is 15.9. The second-order valence-corrected chi connectivity index (χ2v) is 10.5. The lowest BCUT2D eigenvalue weighted by molar-refractivity contribution is -0.139. The summed E-state index contributed by atoms with van der Waals surface area (Å²) < 4.78 is 0. The number of rotatable bonds is 10. The number of benzene rings is 2. The summed E-state index contributed by atoms with van der Waals surface area (Å²) >= 11 is 13.8. The van der Waals surface area contributed by atoms with Crippen molar-refractivity contribution in [3.63, 3.8) is 0 Å². The SMILES string of the molecule is CC[C@@H](C(=O)NC1CCCC1)N(Cc1cccc(C)c1)C(=O)CSCc1ccc(Cl)cc1Cl. The van der Waals surface area contributed by atoms with Crippen molar-refractivity contribution in [1.82, 2.24) is 10.2 Å². The summed E-state index contributed by atoms with van der Waals surface area (Å²) in [5.41, 5.74) is 3.10. The number of nitrogens with one attached hydrogen (secondary N) is 1. The molecule has 7 heteroatoms. The summed E-state index contributed by atoms with van der Waals surface area (Å²) in [5, 5.41) is 4.38. The standard InChI is InChI=1S/C26H32Cl2N2O2S/c1-3-24(26(32)29-22-9-4-5-10-22)30(15-19-8-6-7-18(2)13-19)25(31)17-33-16-20-11-12-21(27)14-23(20)28/h6-8,11-14,22,24H,3-5,9-10,15-17H2,1-2H3,(H,29,32)/t24-/m0/s1. The van der Waals surface area contributed by atoms with Gasteiger partial charge in [-0.3, -0.25) is 9.59 Å². The van der Waals surface area contributed by atoms with E-state index in [0.717, 1.165) is 42.4 Å². The molecule has 1 aliphatic carbocycles. The minimum absolute atomic E-state index is 0.0417. The quantitative estimate of drug-likeness (QED) is 0.405. The lowest BCUT2D eigenvalue weighted by Gasteiger charge is -2.31. The van der Waals surface area contributed by atoms with Gasteiger partial charge in [0.1, 0.15) is 6.04 Å². The minimum Gasteiger partial charge on any atom is -0.352 e. The molecular weight excluding hydrogens is 475 g/mol. The van der Waals surface area contributed by atoms with Crippen LogP contribution < -0.4 is 5.32 Å². The van der Waals surface area contributed by atoms with Crippen LogP contribution in [0.25, 0.3) is 0 Å². The molecule has 2 amide bonds. The van der Waals surface area contributed by atoms with E-state index in [1.54, 1.807) is 17.0 Å². The molecule has 0 aliphatic heterocycles. The van der Waals surface area contributed by atoms with Crippen LogP contribution in [0.15, 0.2) is 42.5 Å². The highest BCUT2D eigenvalue weighted by Gasteiger charge is 2.30. The molecule has 2 aromatic carbocycles. The van der Waals surface area contributed by atoms with Crippen LogP contribution in [0, 0.1) is 6.92 Å². The molecule has 1 saturated carbocycles. The van der Waals surface area contributed by atoms with Gasteiger partial charge in [0.15, 0.2) is 0 Å². The molecule has 0 heterocycles. The first-order valence-electron chi connectivity index (χ1n) is 11.5. The van der Waals surface area contributed by atoms with Crippen LogP contribution in [0.4, 0.5) is 0 Å². The molecule has 0 spiro atoms. The Kier molecular flexibility index (Phi) is 9.96. The van der Waals surface area contributed by atoms with Crippen LogP contribution in [-0.4, -0.2) is 34.6 Å². The number of carbonyl (C=O) groups excluding carboxylic acids is 2. The fourth-order valence-electron chi connectivity index (χ4n) is 4.26.